The molecule has 6 heteroatoms. The van der Waals surface area contributed by atoms with Crippen molar-refractivity contribution in [2.75, 3.05) is 13.2 Å². The number of benzene rings is 1. The summed E-state index contributed by atoms with van der Waals surface area (Å²) in [5.41, 5.74) is 1.96. The summed E-state index contributed by atoms with van der Waals surface area (Å²) in [5.74, 6) is -3.05. The largest absolute Gasteiger partial charge is 0.394 e. The standard InChI is InChI=1S/C18H18F2N2O2/c19-18(20)8-12(9-23)22(10-18)17(24)14-7-16(11-5-6-11)21-15-4-2-1-3-13(14)15/h1-4,7,11-12,23H,5-6,8-10H2. The summed E-state index contributed by atoms with van der Waals surface area (Å²) in [7, 11) is 0. The number of fused-ring (bicyclic) bond motifs is 1. The molecule has 2 aromatic rings. The average Bonchev–Trinajstić information content (AvgIpc) is 3.37. The maximum atomic E-state index is 13.7. The van der Waals surface area contributed by atoms with Crippen LogP contribution in [0.1, 0.15) is 41.2 Å². The van der Waals surface area contributed by atoms with Crippen molar-refractivity contribution < 1.29 is 18.7 Å². The third kappa shape index (κ3) is 2.65. The van der Waals surface area contributed by atoms with Gasteiger partial charge >= 0.3 is 0 Å². The molecule has 126 valence electrons. The van der Waals surface area contributed by atoms with Gasteiger partial charge in [-0.05, 0) is 25.0 Å². The van der Waals surface area contributed by atoms with E-state index in [2.05, 4.69) is 4.98 Å². The van der Waals surface area contributed by atoms with E-state index in [4.69, 9.17) is 0 Å². The first kappa shape index (κ1) is 15.4. The second kappa shape index (κ2) is 5.48. The van der Waals surface area contributed by atoms with Gasteiger partial charge in [-0.3, -0.25) is 9.78 Å². The highest BCUT2D eigenvalue weighted by atomic mass is 19.3. The van der Waals surface area contributed by atoms with Crippen LogP contribution < -0.4 is 0 Å². The zero-order valence-electron chi connectivity index (χ0n) is 13.1. The molecule has 1 aromatic carbocycles. The fraction of sp³-hybridized carbons (Fsp3) is 0.444. The number of aliphatic hydroxyl groups is 1. The quantitative estimate of drug-likeness (QED) is 0.940. The van der Waals surface area contributed by atoms with Crippen LogP contribution in [-0.2, 0) is 0 Å². The molecule has 1 aliphatic carbocycles. The van der Waals surface area contributed by atoms with Crippen LogP contribution in [0, 0.1) is 0 Å². The van der Waals surface area contributed by atoms with Crippen LogP contribution >= 0.6 is 0 Å². The number of likely N-dealkylation sites (tertiary alicyclic amines) is 1. The molecule has 1 aromatic heterocycles. The molecular formula is C18H18F2N2O2. The normalized spacial score (nSPS) is 23.0. The van der Waals surface area contributed by atoms with Crippen LogP contribution in [0.2, 0.25) is 0 Å². The Morgan fingerprint density at radius 2 is 2.08 bits per heavy atom. The number of alkyl halides is 2. The molecular weight excluding hydrogens is 314 g/mol. The summed E-state index contributed by atoms with van der Waals surface area (Å²) >= 11 is 0. The van der Waals surface area contributed by atoms with Gasteiger partial charge < -0.3 is 10.0 Å². The van der Waals surface area contributed by atoms with Crippen molar-refractivity contribution in [3.8, 4) is 0 Å². The molecule has 2 fully saturated rings. The summed E-state index contributed by atoms with van der Waals surface area (Å²) in [4.78, 5) is 18.7. The second-order valence-corrected chi connectivity index (χ2v) is 6.72. The van der Waals surface area contributed by atoms with Crippen molar-refractivity contribution in [2.24, 2.45) is 0 Å². The van der Waals surface area contributed by atoms with Crippen LogP contribution in [0.4, 0.5) is 8.78 Å². The molecule has 4 rings (SSSR count). The lowest BCUT2D eigenvalue weighted by Crippen LogP contribution is -2.38. The average molecular weight is 332 g/mol. The van der Waals surface area contributed by atoms with Gasteiger partial charge in [-0.15, -0.1) is 0 Å². The van der Waals surface area contributed by atoms with Gasteiger partial charge in [0, 0.05) is 23.4 Å². The predicted molar refractivity (Wildman–Crippen MR) is 85.2 cm³/mol. The first-order chi connectivity index (χ1) is 11.5. The molecule has 1 N–H and O–H groups in total. The molecule has 24 heavy (non-hydrogen) atoms. The molecule has 1 atom stereocenters. The molecule has 1 saturated heterocycles. The van der Waals surface area contributed by atoms with Gasteiger partial charge in [0.2, 0.25) is 0 Å². The van der Waals surface area contributed by atoms with Gasteiger partial charge in [-0.25, -0.2) is 8.78 Å². The summed E-state index contributed by atoms with van der Waals surface area (Å²) in [5, 5.41) is 10.1. The van der Waals surface area contributed by atoms with Crippen molar-refractivity contribution in [3.63, 3.8) is 0 Å². The van der Waals surface area contributed by atoms with Crippen LogP contribution in [0.3, 0.4) is 0 Å². The fourth-order valence-corrected chi connectivity index (χ4v) is 3.41. The number of hydrogen-bond donors (Lipinski definition) is 1. The summed E-state index contributed by atoms with van der Waals surface area (Å²) < 4.78 is 27.4. The molecule has 1 saturated carbocycles. The number of carbonyl (C=O) groups excluding carboxylic acids is 1. The molecule has 0 bridgehead atoms. The van der Waals surface area contributed by atoms with Gasteiger partial charge in [-0.1, -0.05) is 18.2 Å². The van der Waals surface area contributed by atoms with E-state index in [1.54, 1.807) is 18.2 Å². The number of aliphatic hydroxyl groups excluding tert-OH is 1. The first-order valence-electron chi connectivity index (χ1n) is 8.18. The Kier molecular flexibility index (Phi) is 3.53. The second-order valence-electron chi connectivity index (χ2n) is 6.72. The van der Waals surface area contributed by atoms with E-state index >= 15 is 0 Å². The van der Waals surface area contributed by atoms with Crippen molar-refractivity contribution in [2.45, 2.75) is 37.1 Å². The molecule has 4 nitrogen and oxygen atoms in total. The van der Waals surface area contributed by atoms with E-state index in [9.17, 15) is 18.7 Å². The van der Waals surface area contributed by atoms with Crippen molar-refractivity contribution in [1.29, 1.82) is 0 Å². The zero-order chi connectivity index (χ0) is 16.9. The Hall–Kier alpha value is -2.08. The van der Waals surface area contributed by atoms with E-state index < -0.39 is 37.4 Å². The first-order valence-corrected chi connectivity index (χ1v) is 8.18. The number of para-hydroxylation sites is 1. The highest BCUT2D eigenvalue weighted by Gasteiger charge is 2.47. The highest BCUT2D eigenvalue weighted by molar-refractivity contribution is 6.06. The van der Waals surface area contributed by atoms with Gasteiger partial charge in [-0.2, -0.15) is 0 Å². The summed E-state index contributed by atoms with van der Waals surface area (Å²) in [6.45, 7) is -1.10. The lowest BCUT2D eigenvalue weighted by atomic mass is 10.0. The molecule has 1 aliphatic heterocycles. The Labute approximate surface area is 138 Å². The number of aromatic nitrogens is 1. The van der Waals surface area contributed by atoms with Gasteiger partial charge in [0.05, 0.1) is 30.3 Å². The molecule has 2 aliphatic rings. The lowest BCUT2D eigenvalue weighted by Gasteiger charge is -2.23. The van der Waals surface area contributed by atoms with E-state index in [1.165, 1.54) is 0 Å². The van der Waals surface area contributed by atoms with Crippen LogP contribution in [0.5, 0.6) is 0 Å². The molecule has 0 spiro atoms. The fourth-order valence-electron chi connectivity index (χ4n) is 3.41. The lowest BCUT2D eigenvalue weighted by molar-refractivity contribution is 0.0116. The Morgan fingerprint density at radius 1 is 1.33 bits per heavy atom. The van der Waals surface area contributed by atoms with Gasteiger partial charge in [0.15, 0.2) is 0 Å². The van der Waals surface area contributed by atoms with Crippen molar-refractivity contribution in [3.05, 3.63) is 41.6 Å². The van der Waals surface area contributed by atoms with E-state index in [1.807, 2.05) is 12.1 Å². The van der Waals surface area contributed by atoms with E-state index in [0.717, 1.165) is 23.4 Å². The number of carbonyl (C=O) groups is 1. The topological polar surface area (TPSA) is 53.4 Å². The number of hydrogen-bond acceptors (Lipinski definition) is 3. The third-order valence-electron chi connectivity index (χ3n) is 4.81. The number of rotatable bonds is 3. The minimum Gasteiger partial charge on any atom is -0.394 e. The molecule has 0 radical (unpaired) electrons. The number of halogens is 2. The summed E-state index contributed by atoms with van der Waals surface area (Å²) in [6.07, 6.45) is 1.59. The predicted octanol–water partition coefficient (Wildman–Crippen LogP) is 2.95. The number of pyridine rings is 1. The highest BCUT2D eigenvalue weighted by Crippen LogP contribution is 2.41. The smallest absolute Gasteiger partial charge is 0.267 e. The van der Waals surface area contributed by atoms with Crippen LogP contribution in [-0.4, -0.2) is 46.0 Å². The molecule has 1 unspecified atom stereocenters. The molecule has 1 amide bonds. The van der Waals surface area contributed by atoms with E-state index in [-0.39, 0.29) is 0 Å². The van der Waals surface area contributed by atoms with Gasteiger partial charge in [0.1, 0.15) is 0 Å². The Morgan fingerprint density at radius 3 is 2.79 bits per heavy atom. The minimum absolute atomic E-state index is 0.356. The minimum atomic E-state index is -2.95. The third-order valence-corrected chi connectivity index (χ3v) is 4.81. The maximum absolute atomic E-state index is 13.7. The number of amides is 1. The zero-order valence-corrected chi connectivity index (χ0v) is 13.1. The summed E-state index contributed by atoms with van der Waals surface area (Å²) in [6, 6.07) is 8.17. The van der Waals surface area contributed by atoms with Gasteiger partial charge in [0.25, 0.3) is 11.8 Å². The SMILES string of the molecule is O=C(c1cc(C2CC2)nc2ccccc12)N1CC(F)(F)CC1CO. The number of nitrogens with zero attached hydrogens (tertiary/aromatic N) is 2. The Balaban J connectivity index is 1.79. The van der Waals surface area contributed by atoms with E-state index in [0.29, 0.717) is 22.4 Å². The Bertz CT molecular complexity index is 805. The van der Waals surface area contributed by atoms with Crippen LogP contribution in [0.25, 0.3) is 10.9 Å². The van der Waals surface area contributed by atoms with Crippen molar-refractivity contribution in [1.82, 2.24) is 9.88 Å². The molecule has 2 heterocycles. The monoisotopic (exact) mass is 332 g/mol. The van der Waals surface area contributed by atoms with Crippen LogP contribution in [0.15, 0.2) is 30.3 Å². The maximum Gasteiger partial charge on any atom is 0.267 e. The van der Waals surface area contributed by atoms with Crippen molar-refractivity contribution >= 4 is 16.8 Å².